The van der Waals surface area contributed by atoms with Crippen molar-refractivity contribution in [1.29, 1.82) is 0 Å². The van der Waals surface area contributed by atoms with Crippen LogP contribution in [0.2, 0.25) is 0 Å². The predicted octanol–water partition coefficient (Wildman–Crippen LogP) is 2.87. The highest BCUT2D eigenvalue weighted by molar-refractivity contribution is 5.94. The molecule has 2 aromatic carbocycles. The molecule has 0 saturated carbocycles. The Kier molecular flexibility index (Phi) is 7.55. The Morgan fingerprint density at radius 1 is 1.11 bits per heavy atom. The fourth-order valence-electron chi connectivity index (χ4n) is 2.97. The van der Waals surface area contributed by atoms with Crippen LogP contribution in [0.1, 0.15) is 35.3 Å². The van der Waals surface area contributed by atoms with Crippen molar-refractivity contribution in [2.75, 3.05) is 27.2 Å². The number of hydrogen-bond donors (Lipinski definition) is 3. The maximum atomic E-state index is 14.1. The number of nitrogens with zero attached hydrogens (tertiary/aromatic N) is 1. The van der Waals surface area contributed by atoms with Crippen LogP contribution in [-0.4, -0.2) is 39.1 Å². The third-order valence-electron chi connectivity index (χ3n) is 4.65. The largest absolute Gasteiger partial charge is 0.356 e. The highest BCUT2D eigenvalue weighted by Crippen LogP contribution is 2.24. The normalized spacial score (nSPS) is 11.8. The molecule has 0 atom stereocenters. The average Bonchev–Trinajstić information content (AvgIpc) is 2.70. The first-order chi connectivity index (χ1) is 13.4. The summed E-state index contributed by atoms with van der Waals surface area (Å²) in [6.45, 7) is 5.20. The summed E-state index contributed by atoms with van der Waals surface area (Å²) in [4.78, 5) is 16.0. The number of amides is 1. The van der Waals surface area contributed by atoms with Crippen molar-refractivity contribution in [3.05, 3.63) is 71.0 Å². The summed E-state index contributed by atoms with van der Waals surface area (Å²) in [6.07, 6.45) is 0.752. The van der Waals surface area contributed by atoms with E-state index in [4.69, 9.17) is 0 Å². The smallest absolute Gasteiger partial charge is 0.251 e. The number of carbonyl (C=O) groups excluding carboxylic acids is 1. The number of rotatable bonds is 7. The molecule has 2 rings (SSSR count). The van der Waals surface area contributed by atoms with Gasteiger partial charge in [-0.3, -0.25) is 9.79 Å². The number of carbonyl (C=O) groups is 1. The molecule has 0 radical (unpaired) electrons. The topological polar surface area (TPSA) is 65.5 Å². The van der Waals surface area contributed by atoms with Crippen LogP contribution in [0.3, 0.4) is 0 Å². The van der Waals surface area contributed by atoms with Gasteiger partial charge in [-0.2, -0.15) is 0 Å². The van der Waals surface area contributed by atoms with Gasteiger partial charge in [0.05, 0.1) is 0 Å². The monoisotopic (exact) mass is 384 g/mol. The zero-order valence-electron chi connectivity index (χ0n) is 17.0. The molecule has 1 amide bonds. The molecule has 6 heteroatoms. The van der Waals surface area contributed by atoms with Crippen LogP contribution in [0.25, 0.3) is 0 Å². The lowest BCUT2D eigenvalue weighted by atomic mass is 9.84. The minimum absolute atomic E-state index is 0.0948. The molecule has 0 aliphatic carbocycles. The number of nitrogens with one attached hydrogen (secondary N) is 3. The minimum atomic E-state index is -0.384. The van der Waals surface area contributed by atoms with E-state index in [-0.39, 0.29) is 17.1 Å². The highest BCUT2D eigenvalue weighted by Gasteiger charge is 2.24. The summed E-state index contributed by atoms with van der Waals surface area (Å²) >= 11 is 0. The van der Waals surface area contributed by atoms with Gasteiger partial charge >= 0.3 is 0 Å². The Labute approximate surface area is 166 Å². The fraction of sp³-hybridized carbons (Fsp3) is 0.364. The Morgan fingerprint density at radius 2 is 1.86 bits per heavy atom. The number of benzene rings is 2. The number of hydrogen-bond acceptors (Lipinski definition) is 2. The first-order valence-corrected chi connectivity index (χ1v) is 9.38. The molecular formula is C22H29FN4O. The molecule has 2 aromatic rings. The molecule has 150 valence electrons. The SMILES string of the molecule is CN=C(NCCc1cccc(C(=O)NC)c1)NCC(C)(C)c1ccccc1F. The molecule has 5 nitrogen and oxygen atoms in total. The van der Waals surface area contributed by atoms with Crippen LogP contribution in [-0.2, 0) is 11.8 Å². The van der Waals surface area contributed by atoms with Crippen molar-refractivity contribution < 1.29 is 9.18 Å². The second-order valence-electron chi connectivity index (χ2n) is 7.25. The summed E-state index contributed by atoms with van der Waals surface area (Å²) in [7, 11) is 3.33. The van der Waals surface area contributed by atoms with E-state index >= 15 is 0 Å². The van der Waals surface area contributed by atoms with Crippen molar-refractivity contribution >= 4 is 11.9 Å². The molecule has 28 heavy (non-hydrogen) atoms. The summed E-state index contributed by atoms with van der Waals surface area (Å²) < 4.78 is 14.1. The van der Waals surface area contributed by atoms with Crippen LogP contribution in [0.4, 0.5) is 4.39 Å². The lowest BCUT2D eigenvalue weighted by Gasteiger charge is -2.27. The molecule has 0 spiro atoms. The lowest BCUT2D eigenvalue weighted by molar-refractivity contribution is 0.0963. The van der Waals surface area contributed by atoms with Crippen molar-refractivity contribution in [2.24, 2.45) is 4.99 Å². The standard InChI is InChI=1S/C22H29FN4O/c1-22(2,18-10-5-6-11-19(18)23)15-27-21(25-4)26-13-12-16-8-7-9-17(14-16)20(28)24-3/h5-11,14H,12-13,15H2,1-4H3,(H,24,28)(H2,25,26,27). The van der Waals surface area contributed by atoms with Crippen molar-refractivity contribution in [2.45, 2.75) is 25.7 Å². The van der Waals surface area contributed by atoms with E-state index in [1.807, 2.05) is 44.2 Å². The highest BCUT2D eigenvalue weighted by atomic mass is 19.1. The number of halogens is 1. The van der Waals surface area contributed by atoms with E-state index in [1.54, 1.807) is 26.2 Å². The van der Waals surface area contributed by atoms with E-state index in [0.717, 1.165) is 12.0 Å². The van der Waals surface area contributed by atoms with E-state index in [1.165, 1.54) is 6.07 Å². The molecule has 0 fully saturated rings. The first-order valence-electron chi connectivity index (χ1n) is 9.38. The van der Waals surface area contributed by atoms with Crippen LogP contribution < -0.4 is 16.0 Å². The molecule has 0 heterocycles. The quantitative estimate of drug-likeness (QED) is 0.508. The van der Waals surface area contributed by atoms with Gasteiger partial charge in [-0.15, -0.1) is 0 Å². The number of aliphatic imine (C=N–C) groups is 1. The molecule has 0 bridgehead atoms. The van der Waals surface area contributed by atoms with Gasteiger partial charge in [-0.05, 0) is 35.7 Å². The molecule has 0 unspecified atom stereocenters. The maximum Gasteiger partial charge on any atom is 0.251 e. The zero-order valence-corrected chi connectivity index (χ0v) is 17.0. The van der Waals surface area contributed by atoms with Gasteiger partial charge in [-0.1, -0.05) is 44.2 Å². The van der Waals surface area contributed by atoms with E-state index < -0.39 is 0 Å². The maximum absolute atomic E-state index is 14.1. The molecule has 0 saturated heterocycles. The molecular weight excluding hydrogens is 355 g/mol. The molecule has 0 aromatic heterocycles. The van der Waals surface area contributed by atoms with Gasteiger partial charge in [0.2, 0.25) is 0 Å². The Balaban J connectivity index is 1.88. The predicted molar refractivity (Wildman–Crippen MR) is 112 cm³/mol. The first kappa shape index (κ1) is 21.4. The van der Waals surface area contributed by atoms with Gasteiger partial charge in [0, 0.05) is 38.2 Å². The Morgan fingerprint density at radius 3 is 2.54 bits per heavy atom. The Bertz CT molecular complexity index is 833. The van der Waals surface area contributed by atoms with Crippen LogP contribution in [0.5, 0.6) is 0 Å². The second kappa shape index (κ2) is 9.88. The van der Waals surface area contributed by atoms with Gasteiger partial charge in [0.25, 0.3) is 5.91 Å². The summed E-state index contributed by atoms with van der Waals surface area (Å²) in [6, 6.07) is 14.4. The minimum Gasteiger partial charge on any atom is -0.356 e. The van der Waals surface area contributed by atoms with Crippen LogP contribution >= 0.6 is 0 Å². The molecule has 0 aliphatic rings. The number of guanidine groups is 1. The average molecular weight is 384 g/mol. The van der Waals surface area contributed by atoms with E-state index in [0.29, 0.717) is 30.2 Å². The third kappa shape index (κ3) is 5.81. The van der Waals surface area contributed by atoms with Gasteiger partial charge in [-0.25, -0.2) is 4.39 Å². The van der Waals surface area contributed by atoms with Gasteiger partial charge < -0.3 is 16.0 Å². The lowest BCUT2D eigenvalue weighted by Crippen LogP contribution is -2.44. The zero-order chi connectivity index (χ0) is 20.6. The van der Waals surface area contributed by atoms with Crippen LogP contribution in [0, 0.1) is 5.82 Å². The summed E-state index contributed by atoms with van der Waals surface area (Å²) in [5.41, 5.74) is 2.00. The van der Waals surface area contributed by atoms with E-state index in [2.05, 4.69) is 20.9 Å². The van der Waals surface area contributed by atoms with Crippen molar-refractivity contribution in [3.63, 3.8) is 0 Å². The molecule has 3 N–H and O–H groups in total. The van der Waals surface area contributed by atoms with Gasteiger partial charge in [0.15, 0.2) is 5.96 Å². The van der Waals surface area contributed by atoms with Crippen molar-refractivity contribution in [3.8, 4) is 0 Å². The second-order valence-corrected chi connectivity index (χ2v) is 7.25. The summed E-state index contributed by atoms with van der Waals surface area (Å²) in [5.74, 6) is 0.364. The van der Waals surface area contributed by atoms with E-state index in [9.17, 15) is 9.18 Å². The van der Waals surface area contributed by atoms with Crippen molar-refractivity contribution in [1.82, 2.24) is 16.0 Å². The van der Waals surface area contributed by atoms with Crippen LogP contribution in [0.15, 0.2) is 53.5 Å². The fourth-order valence-corrected chi connectivity index (χ4v) is 2.97. The third-order valence-corrected chi connectivity index (χ3v) is 4.65. The Hall–Kier alpha value is -2.89. The summed E-state index contributed by atoms with van der Waals surface area (Å²) in [5, 5.41) is 9.16. The molecule has 0 aliphatic heterocycles. The van der Waals surface area contributed by atoms with Gasteiger partial charge in [0.1, 0.15) is 5.82 Å².